The topological polar surface area (TPSA) is 60.4 Å². The second-order valence-corrected chi connectivity index (χ2v) is 4.45. The molecule has 0 saturated carbocycles. The molecule has 1 aliphatic rings. The second-order valence-electron chi connectivity index (χ2n) is 4.45. The molecule has 0 amide bonds. The van der Waals surface area contributed by atoms with Crippen molar-refractivity contribution in [2.24, 2.45) is 5.73 Å². The number of fused-ring (bicyclic) bond motifs is 1. The molecule has 3 atom stereocenters. The van der Waals surface area contributed by atoms with Gasteiger partial charge in [-0.25, -0.2) is 0 Å². The molecule has 0 aliphatic carbocycles. The summed E-state index contributed by atoms with van der Waals surface area (Å²) < 4.78 is 7.83. The molecule has 3 unspecified atom stereocenters. The van der Waals surface area contributed by atoms with Gasteiger partial charge in [0.25, 0.3) is 0 Å². The molecule has 90 valence electrons. The number of aliphatic hydroxyl groups excluding tert-OH is 1. The number of aliphatic hydroxyl groups is 1. The van der Waals surface area contributed by atoms with Crippen LogP contribution in [0.25, 0.3) is 10.9 Å². The second kappa shape index (κ2) is 4.14. The van der Waals surface area contributed by atoms with Gasteiger partial charge in [-0.3, -0.25) is 0 Å². The normalized spacial score (nSPS) is 28.9. The first kappa shape index (κ1) is 10.8. The molecule has 3 rings (SSSR count). The molecule has 1 saturated heterocycles. The van der Waals surface area contributed by atoms with Gasteiger partial charge >= 0.3 is 0 Å². The van der Waals surface area contributed by atoms with Crippen molar-refractivity contribution in [2.75, 3.05) is 6.54 Å². The number of ether oxygens (including phenoxy) is 1. The van der Waals surface area contributed by atoms with Gasteiger partial charge in [0.1, 0.15) is 6.23 Å². The number of hydrogen-bond donors (Lipinski definition) is 2. The SMILES string of the molecule is NCC1OC(n2ccc3ccccc32)CC1O. The Morgan fingerprint density at radius 1 is 1.35 bits per heavy atom. The van der Waals surface area contributed by atoms with Gasteiger partial charge in [0.2, 0.25) is 0 Å². The van der Waals surface area contributed by atoms with Crippen LogP contribution in [0.5, 0.6) is 0 Å². The Balaban J connectivity index is 1.95. The van der Waals surface area contributed by atoms with Crippen molar-refractivity contribution >= 4 is 10.9 Å². The Kier molecular flexibility index (Phi) is 2.63. The van der Waals surface area contributed by atoms with Crippen LogP contribution in [0.2, 0.25) is 0 Å². The van der Waals surface area contributed by atoms with Crippen LogP contribution in [-0.2, 0) is 4.74 Å². The van der Waals surface area contributed by atoms with Gasteiger partial charge in [0.05, 0.1) is 17.7 Å². The average Bonchev–Trinajstić information content (AvgIpc) is 2.92. The number of para-hydroxylation sites is 1. The predicted molar refractivity (Wildman–Crippen MR) is 65.5 cm³/mol. The summed E-state index contributed by atoms with van der Waals surface area (Å²) in [4.78, 5) is 0. The lowest BCUT2D eigenvalue weighted by atomic mass is 10.2. The van der Waals surface area contributed by atoms with Crippen LogP contribution in [-0.4, -0.2) is 28.4 Å². The highest BCUT2D eigenvalue weighted by Crippen LogP contribution is 2.31. The molecular formula is C13H16N2O2. The Labute approximate surface area is 99.6 Å². The van der Waals surface area contributed by atoms with Crippen LogP contribution in [0, 0.1) is 0 Å². The van der Waals surface area contributed by atoms with Crippen molar-refractivity contribution in [1.29, 1.82) is 0 Å². The van der Waals surface area contributed by atoms with Gasteiger partial charge in [0.15, 0.2) is 0 Å². The molecule has 4 nitrogen and oxygen atoms in total. The van der Waals surface area contributed by atoms with E-state index >= 15 is 0 Å². The van der Waals surface area contributed by atoms with Crippen LogP contribution >= 0.6 is 0 Å². The summed E-state index contributed by atoms with van der Waals surface area (Å²) in [6.07, 6.45) is 1.77. The van der Waals surface area contributed by atoms with Crippen molar-refractivity contribution in [2.45, 2.75) is 24.9 Å². The van der Waals surface area contributed by atoms with Gasteiger partial charge < -0.3 is 20.1 Å². The van der Waals surface area contributed by atoms with Crippen molar-refractivity contribution < 1.29 is 9.84 Å². The minimum absolute atomic E-state index is 0.113. The van der Waals surface area contributed by atoms with E-state index in [0.29, 0.717) is 13.0 Å². The molecule has 3 N–H and O–H groups in total. The molecule has 0 radical (unpaired) electrons. The van der Waals surface area contributed by atoms with Crippen LogP contribution in [0.4, 0.5) is 0 Å². The average molecular weight is 232 g/mol. The third-order valence-electron chi connectivity index (χ3n) is 3.38. The fourth-order valence-electron chi connectivity index (χ4n) is 2.45. The number of rotatable bonds is 2. The quantitative estimate of drug-likeness (QED) is 0.819. The summed E-state index contributed by atoms with van der Waals surface area (Å²) >= 11 is 0. The third kappa shape index (κ3) is 1.74. The van der Waals surface area contributed by atoms with Crippen LogP contribution < -0.4 is 5.73 Å². The monoisotopic (exact) mass is 232 g/mol. The van der Waals surface area contributed by atoms with Crippen LogP contribution in [0.15, 0.2) is 36.5 Å². The molecule has 17 heavy (non-hydrogen) atoms. The number of nitrogens with zero attached hydrogens (tertiary/aromatic N) is 1. The number of aromatic nitrogens is 1. The summed E-state index contributed by atoms with van der Waals surface area (Å²) in [5.41, 5.74) is 6.69. The van der Waals surface area contributed by atoms with Gasteiger partial charge in [0, 0.05) is 19.2 Å². The van der Waals surface area contributed by atoms with Gasteiger partial charge in [-0.05, 0) is 17.5 Å². The third-order valence-corrected chi connectivity index (χ3v) is 3.38. The van der Waals surface area contributed by atoms with E-state index in [4.69, 9.17) is 10.5 Å². The summed E-state index contributed by atoms with van der Waals surface area (Å²) in [6, 6.07) is 10.2. The highest BCUT2D eigenvalue weighted by molar-refractivity contribution is 5.80. The molecule has 1 aliphatic heterocycles. The lowest BCUT2D eigenvalue weighted by molar-refractivity contribution is -0.0110. The first-order valence-corrected chi connectivity index (χ1v) is 5.89. The van der Waals surface area contributed by atoms with E-state index in [-0.39, 0.29) is 12.3 Å². The Bertz CT molecular complexity index is 523. The van der Waals surface area contributed by atoms with E-state index in [1.54, 1.807) is 0 Å². The van der Waals surface area contributed by atoms with Crippen LogP contribution in [0.1, 0.15) is 12.6 Å². The van der Waals surface area contributed by atoms with E-state index in [2.05, 4.69) is 22.8 Å². The lowest BCUT2D eigenvalue weighted by Gasteiger charge is -2.15. The van der Waals surface area contributed by atoms with Gasteiger partial charge in [-0.15, -0.1) is 0 Å². The fraction of sp³-hybridized carbons (Fsp3) is 0.385. The van der Waals surface area contributed by atoms with E-state index < -0.39 is 6.10 Å². The maximum atomic E-state index is 9.81. The van der Waals surface area contributed by atoms with Crippen molar-refractivity contribution in [3.05, 3.63) is 36.5 Å². The highest BCUT2D eigenvalue weighted by Gasteiger charge is 2.34. The summed E-state index contributed by atoms with van der Waals surface area (Å²) in [5.74, 6) is 0. The molecule has 1 fully saturated rings. The van der Waals surface area contributed by atoms with Crippen molar-refractivity contribution in [3.63, 3.8) is 0 Å². The smallest absolute Gasteiger partial charge is 0.137 e. The minimum Gasteiger partial charge on any atom is -0.390 e. The number of benzene rings is 1. The fourth-order valence-corrected chi connectivity index (χ4v) is 2.45. The minimum atomic E-state index is -0.467. The molecule has 4 heteroatoms. The van der Waals surface area contributed by atoms with E-state index in [9.17, 15) is 5.11 Å². The summed E-state index contributed by atoms with van der Waals surface area (Å²) in [6.45, 7) is 0.358. The largest absolute Gasteiger partial charge is 0.390 e. The first-order chi connectivity index (χ1) is 8.29. The van der Waals surface area contributed by atoms with Crippen molar-refractivity contribution in [3.8, 4) is 0 Å². The Hall–Kier alpha value is -1.36. The Morgan fingerprint density at radius 2 is 2.18 bits per heavy atom. The van der Waals surface area contributed by atoms with E-state index in [0.717, 1.165) is 5.52 Å². The molecule has 2 heterocycles. The molecule has 2 aromatic rings. The van der Waals surface area contributed by atoms with Gasteiger partial charge in [-0.1, -0.05) is 18.2 Å². The lowest BCUT2D eigenvalue weighted by Crippen LogP contribution is -2.29. The van der Waals surface area contributed by atoms with E-state index in [1.165, 1.54) is 5.39 Å². The Morgan fingerprint density at radius 3 is 2.94 bits per heavy atom. The molecule has 1 aromatic carbocycles. The zero-order valence-electron chi connectivity index (χ0n) is 9.49. The predicted octanol–water partition coefficient (Wildman–Crippen LogP) is 1.25. The van der Waals surface area contributed by atoms with Crippen LogP contribution in [0.3, 0.4) is 0 Å². The molecular weight excluding hydrogens is 216 g/mol. The maximum absolute atomic E-state index is 9.81. The highest BCUT2D eigenvalue weighted by atomic mass is 16.5. The number of hydrogen-bond acceptors (Lipinski definition) is 3. The molecule has 0 spiro atoms. The first-order valence-electron chi connectivity index (χ1n) is 5.89. The van der Waals surface area contributed by atoms with Gasteiger partial charge in [-0.2, -0.15) is 0 Å². The number of nitrogens with two attached hydrogens (primary N) is 1. The molecule has 0 bridgehead atoms. The van der Waals surface area contributed by atoms with E-state index in [1.807, 2.05) is 18.3 Å². The zero-order chi connectivity index (χ0) is 11.8. The summed E-state index contributed by atoms with van der Waals surface area (Å²) in [7, 11) is 0. The maximum Gasteiger partial charge on any atom is 0.137 e. The summed E-state index contributed by atoms with van der Waals surface area (Å²) in [5, 5.41) is 11.0. The van der Waals surface area contributed by atoms with Crippen molar-refractivity contribution in [1.82, 2.24) is 4.57 Å². The molecule has 1 aromatic heterocycles. The standard InChI is InChI=1S/C13H16N2O2/c14-8-12-11(16)7-13(17-12)15-6-5-9-3-1-2-4-10(9)15/h1-6,11-13,16H,7-8,14H2. The zero-order valence-corrected chi connectivity index (χ0v) is 9.49.